The minimum Gasteiger partial charge on any atom is -0.384 e. The minimum absolute atomic E-state index is 0.0214. The summed E-state index contributed by atoms with van der Waals surface area (Å²) >= 11 is 0. The second kappa shape index (κ2) is 9.35. The Morgan fingerprint density at radius 3 is 1.83 bits per heavy atom. The van der Waals surface area contributed by atoms with Gasteiger partial charge in [0.05, 0.1) is 13.0 Å². The van der Waals surface area contributed by atoms with Gasteiger partial charge in [-0.3, -0.25) is 24.0 Å². The van der Waals surface area contributed by atoms with Crippen molar-refractivity contribution >= 4 is 36.1 Å². The molecule has 0 atom stereocenters. The summed E-state index contributed by atoms with van der Waals surface area (Å²) in [6, 6.07) is 0. The molecule has 132 valence electrons. The van der Waals surface area contributed by atoms with Crippen LogP contribution in [0.5, 0.6) is 0 Å². The van der Waals surface area contributed by atoms with Crippen molar-refractivity contribution in [1.82, 2.24) is 10.1 Å². The molecule has 0 spiro atoms. The molecule has 0 bridgehead atoms. The molecule has 2 heterocycles. The van der Waals surface area contributed by atoms with Crippen molar-refractivity contribution in [3.8, 4) is 0 Å². The number of hydroxylamine groups is 4. The molecule has 2 fully saturated rings. The van der Waals surface area contributed by atoms with Crippen molar-refractivity contribution in [2.75, 3.05) is 13.7 Å². The molecule has 0 aromatic carbocycles. The van der Waals surface area contributed by atoms with Gasteiger partial charge >= 0.3 is 12.4 Å². The van der Waals surface area contributed by atoms with E-state index in [1.165, 1.54) is 7.11 Å². The first-order valence-electron chi connectivity index (χ1n) is 6.92. The fraction of sp³-hybridized carbons (Fsp3) is 0.538. The third kappa shape index (κ3) is 5.43. The van der Waals surface area contributed by atoms with Crippen molar-refractivity contribution in [2.45, 2.75) is 32.1 Å². The van der Waals surface area contributed by atoms with Crippen molar-refractivity contribution in [1.29, 1.82) is 0 Å². The first-order valence-corrected chi connectivity index (χ1v) is 6.92. The lowest BCUT2D eigenvalue weighted by atomic mass is 10.4. The molecule has 0 saturated carbocycles. The number of amides is 4. The van der Waals surface area contributed by atoms with Gasteiger partial charge in [0.15, 0.2) is 0 Å². The largest absolute Gasteiger partial charge is 0.384 e. The molecule has 2 aliphatic heterocycles. The lowest BCUT2D eigenvalue weighted by Gasteiger charge is -2.11. The van der Waals surface area contributed by atoms with E-state index in [9.17, 15) is 28.8 Å². The molecule has 0 aromatic rings. The van der Waals surface area contributed by atoms with Crippen molar-refractivity contribution < 1.29 is 43.2 Å². The lowest BCUT2D eigenvalue weighted by molar-refractivity contribution is -0.198. The molecule has 2 rings (SSSR count). The summed E-state index contributed by atoms with van der Waals surface area (Å²) < 4.78 is 4.64. The van der Waals surface area contributed by atoms with Crippen LogP contribution in [0.25, 0.3) is 0 Å². The topological polar surface area (TPSA) is 137 Å². The highest BCUT2D eigenvalue weighted by molar-refractivity contribution is 6.01. The summed E-state index contributed by atoms with van der Waals surface area (Å²) in [5.74, 6) is -2.51. The molecule has 0 radical (unpaired) electrons. The van der Waals surface area contributed by atoms with Crippen molar-refractivity contribution in [3.63, 3.8) is 0 Å². The Balaban J connectivity index is 0.000000254. The van der Waals surface area contributed by atoms with Crippen LogP contribution >= 0.6 is 0 Å². The third-order valence-corrected chi connectivity index (χ3v) is 2.86. The number of methoxy groups -OCH3 is 1. The number of ether oxygens (including phenoxy) is 1. The van der Waals surface area contributed by atoms with E-state index >= 15 is 0 Å². The van der Waals surface area contributed by atoms with Crippen LogP contribution in [0.3, 0.4) is 0 Å². The van der Waals surface area contributed by atoms with Crippen LogP contribution in [0.15, 0.2) is 0 Å². The predicted molar refractivity (Wildman–Crippen MR) is 71.9 cm³/mol. The summed E-state index contributed by atoms with van der Waals surface area (Å²) in [6.07, 6.45) is 0.500. The Morgan fingerprint density at radius 2 is 1.42 bits per heavy atom. The molecule has 0 aromatic heterocycles. The van der Waals surface area contributed by atoms with E-state index in [-0.39, 0.29) is 45.2 Å². The number of rotatable bonds is 6. The molecule has 11 nitrogen and oxygen atoms in total. The molecular weight excluding hydrogens is 328 g/mol. The fourth-order valence-corrected chi connectivity index (χ4v) is 1.71. The van der Waals surface area contributed by atoms with Gasteiger partial charge in [-0.15, -0.1) is 10.1 Å². The van der Waals surface area contributed by atoms with Gasteiger partial charge in [0.1, 0.15) is 0 Å². The predicted octanol–water partition coefficient (Wildman–Crippen LogP) is -1.15. The first kappa shape index (κ1) is 19.2. The Morgan fingerprint density at radius 1 is 0.958 bits per heavy atom. The third-order valence-electron chi connectivity index (χ3n) is 2.86. The molecule has 0 N–H and O–H groups in total. The van der Waals surface area contributed by atoms with Crippen LogP contribution in [0.1, 0.15) is 32.1 Å². The molecule has 2 aliphatic rings. The zero-order chi connectivity index (χ0) is 18.1. The zero-order valence-electron chi connectivity index (χ0n) is 12.9. The number of carbonyl (C=O) groups is 6. The Labute approximate surface area is 136 Å². The standard InChI is InChI=1S/C8H11NO5.C5H5NO4/c1-13-5-4-8(12)14-9-6(10)2-3-7(9)11;7-3-10-6-4(8)1-2-5(6)9/h2-5H2,1H3;3H,1-2H2. The molecule has 24 heavy (non-hydrogen) atoms. The highest BCUT2D eigenvalue weighted by Crippen LogP contribution is 2.12. The second-order valence-corrected chi connectivity index (χ2v) is 4.57. The van der Waals surface area contributed by atoms with Crippen molar-refractivity contribution in [3.05, 3.63) is 0 Å². The summed E-state index contributed by atoms with van der Waals surface area (Å²) in [5, 5.41) is 1.00. The summed E-state index contributed by atoms with van der Waals surface area (Å²) in [4.78, 5) is 72.5. The maximum absolute atomic E-state index is 11.0. The monoisotopic (exact) mass is 344 g/mol. The quantitative estimate of drug-likeness (QED) is 0.432. The van der Waals surface area contributed by atoms with Crippen LogP contribution in [0, 0.1) is 0 Å². The maximum atomic E-state index is 11.0. The van der Waals surface area contributed by atoms with E-state index in [4.69, 9.17) is 0 Å². The fourth-order valence-electron chi connectivity index (χ4n) is 1.71. The molecule has 11 heteroatoms. The van der Waals surface area contributed by atoms with Gasteiger partial charge < -0.3 is 14.4 Å². The average Bonchev–Trinajstić information content (AvgIpc) is 3.04. The summed E-state index contributed by atoms with van der Waals surface area (Å²) in [6.45, 7) is 0.260. The van der Waals surface area contributed by atoms with Crippen LogP contribution in [0.4, 0.5) is 0 Å². The number of hydrogen-bond donors (Lipinski definition) is 0. The Kier molecular flexibility index (Phi) is 7.49. The van der Waals surface area contributed by atoms with Gasteiger partial charge in [-0.05, 0) is 0 Å². The number of imide groups is 2. The molecular formula is C13H16N2O9. The van der Waals surface area contributed by atoms with E-state index < -0.39 is 29.6 Å². The smallest absolute Gasteiger partial charge is 0.335 e. The van der Waals surface area contributed by atoms with Gasteiger partial charge in [0.25, 0.3) is 23.6 Å². The average molecular weight is 344 g/mol. The summed E-state index contributed by atoms with van der Waals surface area (Å²) in [5.41, 5.74) is 0. The first-order chi connectivity index (χ1) is 11.4. The van der Waals surface area contributed by atoms with Crippen molar-refractivity contribution in [2.24, 2.45) is 0 Å². The minimum atomic E-state index is -0.643. The van der Waals surface area contributed by atoms with Crippen LogP contribution in [-0.4, -0.2) is 59.9 Å². The van der Waals surface area contributed by atoms with Gasteiger partial charge in [0, 0.05) is 32.8 Å². The molecule has 4 amide bonds. The van der Waals surface area contributed by atoms with E-state index in [2.05, 4.69) is 14.4 Å². The number of hydrogen-bond acceptors (Lipinski definition) is 9. The zero-order valence-corrected chi connectivity index (χ0v) is 12.9. The maximum Gasteiger partial charge on any atom is 0.335 e. The van der Waals surface area contributed by atoms with Gasteiger partial charge in [0.2, 0.25) is 0 Å². The highest BCUT2D eigenvalue weighted by Gasteiger charge is 2.32. The van der Waals surface area contributed by atoms with E-state index in [1.807, 2.05) is 0 Å². The second-order valence-electron chi connectivity index (χ2n) is 4.57. The van der Waals surface area contributed by atoms with Gasteiger partial charge in [-0.25, -0.2) is 4.79 Å². The van der Waals surface area contributed by atoms with E-state index in [0.717, 1.165) is 0 Å². The number of carbonyl (C=O) groups excluding carboxylic acids is 6. The summed E-state index contributed by atoms with van der Waals surface area (Å²) in [7, 11) is 1.44. The van der Waals surface area contributed by atoms with Crippen LogP contribution in [-0.2, 0) is 43.2 Å². The van der Waals surface area contributed by atoms with Gasteiger partial charge in [-0.2, -0.15) is 0 Å². The van der Waals surface area contributed by atoms with Crippen LogP contribution in [0.2, 0.25) is 0 Å². The molecule has 2 saturated heterocycles. The van der Waals surface area contributed by atoms with E-state index in [1.54, 1.807) is 0 Å². The SMILES string of the molecule is COCCC(=O)ON1C(=O)CCC1=O.O=CON1C(=O)CCC1=O. The Bertz CT molecular complexity index is 514. The lowest BCUT2D eigenvalue weighted by Crippen LogP contribution is -2.32. The Hall–Kier alpha value is -2.82. The molecule has 0 unspecified atom stereocenters. The van der Waals surface area contributed by atoms with Gasteiger partial charge in [-0.1, -0.05) is 0 Å². The highest BCUT2D eigenvalue weighted by atomic mass is 16.7. The number of nitrogens with zero attached hydrogens (tertiary/aromatic N) is 2. The molecule has 0 aliphatic carbocycles. The van der Waals surface area contributed by atoms with Crippen LogP contribution < -0.4 is 0 Å². The normalized spacial score (nSPS) is 16.9. The van der Waals surface area contributed by atoms with E-state index in [0.29, 0.717) is 10.1 Å².